The third-order valence-electron chi connectivity index (χ3n) is 2.95. The topological polar surface area (TPSA) is 48.1 Å². The molecular weight excluding hydrogens is 292 g/mol. The van der Waals surface area contributed by atoms with E-state index in [-0.39, 0.29) is 6.04 Å². The van der Waals surface area contributed by atoms with Gasteiger partial charge in [-0.3, -0.25) is 4.98 Å². The Morgan fingerprint density at radius 1 is 1.28 bits per heavy atom. The van der Waals surface area contributed by atoms with Gasteiger partial charge in [0, 0.05) is 22.4 Å². The monoisotopic (exact) mass is 306 g/mol. The third kappa shape index (κ3) is 2.54. The third-order valence-corrected chi connectivity index (χ3v) is 3.44. The van der Waals surface area contributed by atoms with Crippen molar-refractivity contribution in [1.29, 1.82) is 0 Å². The van der Waals surface area contributed by atoms with Crippen molar-refractivity contribution in [2.24, 2.45) is 5.73 Å². The zero-order valence-corrected chi connectivity index (χ0v) is 11.9. The number of nitrogens with zero attached hydrogens (tertiary/aromatic N) is 1. The van der Waals surface area contributed by atoms with Crippen molar-refractivity contribution in [3.63, 3.8) is 0 Å². The summed E-state index contributed by atoms with van der Waals surface area (Å²) in [6.07, 6.45) is 3.58. The minimum absolute atomic E-state index is 0.234. The van der Waals surface area contributed by atoms with Gasteiger partial charge in [0.1, 0.15) is 5.75 Å². The molecule has 0 aliphatic rings. The van der Waals surface area contributed by atoms with E-state index in [1.54, 1.807) is 13.3 Å². The van der Waals surface area contributed by atoms with Gasteiger partial charge in [-0.2, -0.15) is 0 Å². The molecule has 1 heterocycles. The minimum atomic E-state index is -0.234. The molecule has 0 aliphatic heterocycles. The lowest BCUT2D eigenvalue weighted by molar-refractivity contribution is 0.407. The Labute approximate surface area is 115 Å². The molecule has 2 N–H and O–H groups in total. The highest BCUT2D eigenvalue weighted by Crippen LogP contribution is 2.31. The van der Waals surface area contributed by atoms with Crippen LogP contribution in [0.15, 0.2) is 41.1 Å². The van der Waals surface area contributed by atoms with Crippen LogP contribution in [0.4, 0.5) is 0 Å². The molecule has 0 amide bonds. The molecule has 0 saturated carbocycles. The Hall–Kier alpha value is -1.39. The highest BCUT2D eigenvalue weighted by atomic mass is 79.9. The van der Waals surface area contributed by atoms with Gasteiger partial charge in [-0.1, -0.05) is 22.0 Å². The first-order chi connectivity index (χ1) is 8.63. The Kier molecular flexibility index (Phi) is 3.99. The van der Waals surface area contributed by atoms with Crippen LogP contribution >= 0.6 is 15.9 Å². The summed E-state index contributed by atoms with van der Waals surface area (Å²) in [6.45, 7) is 2.03. The number of rotatable bonds is 3. The average Bonchev–Trinajstić information content (AvgIpc) is 2.38. The number of methoxy groups -OCH3 is 1. The van der Waals surface area contributed by atoms with E-state index in [9.17, 15) is 0 Å². The van der Waals surface area contributed by atoms with Crippen molar-refractivity contribution in [3.05, 3.63) is 57.8 Å². The fourth-order valence-electron chi connectivity index (χ4n) is 1.91. The highest BCUT2D eigenvalue weighted by Gasteiger charge is 2.16. The quantitative estimate of drug-likeness (QED) is 0.947. The predicted molar refractivity (Wildman–Crippen MR) is 75.7 cm³/mol. The lowest BCUT2D eigenvalue weighted by Gasteiger charge is -2.17. The maximum atomic E-state index is 6.31. The van der Waals surface area contributed by atoms with Crippen LogP contribution < -0.4 is 10.5 Å². The van der Waals surface area contributed by atoms with Gasteiger partial charge < -0.3 is 10.5 Å². The standard InChI is InChI=1S/C14H15BrN2O/c1-9-5-6-17-8-12(9)14(16)11-4-3-10(15)7-13(11)18-2/h3-8,14H,16H2,1-2H3. The van der Waals surface area contributed by atoms with Crippen LogP contribution in [0.3, 0.4) is 0 Å². The molecule has 0 saturated heterocycles. The zero-order valence-electron chi connectivity index (χ0n) is 10.4. The maximum Gasteiger partial charge on any atom is 0.125 e. The normalized spacial score (nSPS) is 12.2. The summed E-state index contributed by atoms with van der Waals surface area (Å²) in [4.78, 5) is 4.14. The van der Waals surface area contributed by atoms with Gasteiger partial charge in [0.05, 0.1) is 13.2 Å². The molecule has 0 radical (unpaired) electrons. The van der Waals surface area contributed by atoms with E-state index in [1.807, 2.05) is 37.4 Å². The minimum Gasteiger partial charge on any atom is -0.496 e. The molecule has 18 heavy (non-hydrogen) atoms. The van der Waals surface area contributed by atoms with Gasteiger partial charge in [0.15, 0.2) is 0 Å². The van der Waals surface area contributed by atoms with E-state index in [4.69, 9.17) is 10.5 Å². The van der Waals surface area contributed by atoms with Crippen molar-refractivity contribution in [1.82, 2.24) is 4.98 Å². The number of hydrogen-bond acceptors (Lipinski definition) is 3. The summed E-state index contributed by atoms with van der Waals surface area (Å²) in [7, 11) is 1.65. The lowest BCUT2D eigenvalue weighted by atomic mass is 9.97. The van der Waals surface area contributed by atoms with E-state index in [1.165, 1.54) is 0 Å². The SMILES string of the molecule is COc1cc(Br)ccc1C(N)c1cnccc1C. The van der Waals surface area contributed by atoms with Crippen LogP contribution in [-0.2, 0) is 0 Å². The van der Waals surface area contributed by atoms with Gasteiger partial charge in [-0.15, -0.1) is 0 Å². The van der Waals surface area contributed by atoms with Gasteiger partial charge in [0.2, 0.25) is 0 Å². The molecule has 4 heteroatoms. The fraction of sp³-hybridized carbons (Fsp3) is 0.214. The van der Waals surface area contributed by atoms with Crippen LogP contribution in [-0.4, -0.2) is 12.1 Å². The van der Waals surface area contributed by atoms with Crippen molar-refractivity contribution < 1.29 is 4.74 Å². The van der Waals surface area contributed by atoms with E-state index in [0.29, 0.717) is 0 Å². The molecule has 1 atom stereocenters. The Morgan fingerprint density at radius 3 is 2.72 bits per heavy atom. The summed E-state index contributed by atoms with van der Waals surface area (Å²) in [5.74, 6) is 0.778. The van der Waals surface area contributed by atoms with Gasteiger partial charge in [0.25, 0.3) is 0 Å². The van der Waals surface area contributed by atoms with Gasteiger partial charge >= 0.3 is 0 Å². The van der Waals surface area contributed by atoms with Crippen molar-refractivity contribution in [2.45, 2.75) is 13.0 Å². The number of nitrogens with two attached hydrogens (primary N) is 1. The number of ether oxygens (including phenoxy) is 1. The molecule has 0 spiro atoms. The van der Waals surface area contributed by atoms with Crippen LogP contribution in [0, 0.1) is 6.92 Å². The molecule has 94 valence electrons. The summed E-state index contributed by atoms with van der Waals surface area (Å²) in [5, 5.41) is 0. The lowest BCUT2D eigenvalue weighted by Crippen LogP contribution is -2.14. The summed E-state index contributed by atoms with van der Waals surface area (Å²) in [6, 6.07) is 7.58. The number of hydrogen-bond donors (Lipinski definition) is 1. The largest absolute Gasteiger partial charge is 0.496 e. The van der Waals surface area contributed by atoms with Crippen molar-refractivity contribution >= 4 is 15.9 Å². The Balaban J connectivity index is 2.46. The molecule has 2 aromatic rings. The second kappa shape index (κ2) is 5.50. The van der Waals surface area contributed by atoms with Crippen LogP contribution in [0.25, 0.3) is 0 Å². The summed E-state index contributed by atoms with van der Waals surface area (Å²) in [5.41, 5.74) is 9.40. The molecular formula is C14H15BrN2O. The van der Waals surface area contributed by atoms with Gasteiger partial charge in [-0.05, 0) is 36.2 Å². The first kappa shape index (κ1) is 13.1. The second-order valence-corrected chi connectivity index (χ2v) is 5.01. The molecule has 0 aliphatic carbocycles. The van der Waals surface area contributed by atoms with E-state index in [0.717, 1.165) is 26.9 Å². The molecule has 0 bridgehead atoms. The van der Waals surface area contributed by atoms with Crippen LogP contribution in [0.1, 0.15) is 22.7 Å². The number of aromatic nitrogens is 1. The Morgan fingerprint density at radius 2 is 2.06 bits per heavy atom. The highest BCUT2D eigenvalue weighted by molar-refractivity contribution is 9.10. The zero-order chi connectivity index (χ0) is 13.1. The maximum absolute atomic E-state index is 6.31. The first-order valence-electron chi connectivity index (χ1n) is 5.63. The molecule has 0 fully saturated rings. The summed E-state index contributed by atoms with van der Waals surface area (Å²) >= 11 is 3.42. The van der Waals surface area contributed by atoms with Crippen LogP contribution in [0.2, 0.25) is 0 Å². The number of pyridine rings is 1. The van der Waals surface area contributed by atoms with E-state index >= 15 is 0 Å². The smallest absolute Gasteiger partial charge is 0.125 e. The van der Waals surface area contributed by atoms with Crippen LogP contribution in [0.5, 0.6) is 5.75 Å². The molecule has 1 aromatic carbocycles. The average molecular weight is 307 g/mol. The second-order valence-electron chi connectivity index (χ2n) is 4.10. The predicted octanol–water partition coefficient (Wildman–Crippen LogP) is 3.21. The van der Waals surface area contributed by atoms with E-state index in [2.05, 4.69) is 20.9 Å². The Bertz CT molecular complexity index is 557. The van der Waals surface area contributed by atoms with Crippen molar-refractivity contribution in [3.8, 4) is 5.75 Å². The number of aryl methyl sites for hydroxylation is 1. The fourth-order valence-corrected chi connectivity index (χ4v) is 2.25. The first-order valence-corrected chi connectivity index (χ1v) is 6.42. The van der Waals surface area contributed by atoms with Crippen molar-refractivity contribution in [2.75, 3.05) is 7.11 Å². The van der Waals surface area contributed by atoms with E-state index < -0.39 is 0 Å². The summed E-state index contributed by atoms with van der Waals surface area (Å²) < 4.78 is 6.35. The number of benzene rings is 1. The number of halogens is 1. The molecule has 2 rings (SSSR count). The molecule has 3 nitrogen and oxygen atoms in total. The van der Waals surface area contributed by atoms with Gasteiger partial charge in [-0.25, -0.2) is 0 Å². The molecule has 1 unspecified atom stereocenters. The molecule has 1 aromatic heterocycles.